The van der Waals surface area contributed by atoms with Gasteiger partial charge in [0.15, 0.2) is 6.19 Å². The van der Waals surface area contributed by atoms with Gasteiger partial charge in [-0.15, -0.1) is 0 Å². The number of carbonyl (C=O) groups excluding carboxylic acids is 1. The number of carbonyl (C=O) groups is 1. The Labute approximate surface area is 141 Å². The normalized spacial score (nSPS) is 10.8. The van der Waals surface area contributed by atoms with Crippen LogP contribution in [0.15, 0.2) is 30.6 Å². The molecule has 0 aliphatic carbocycles. The van der Waals surface area contributed by atoms with Crippen molar-refractivity contribution in [2.75, 3.05) is 5.32 Å². The second kappa shape index (κ2) is 7.04. The lowest BCUT2D eigenvalue weighted by atomic mass is 10.0. The van der Waals surface area contributed by atoms with Crippen LogP contribution in [0.2, 0.25) is 0 Å². The number of hydrogen-bond acceptors (Lipinski definition) is 5. The Balaban J connectivity index is 2.30. The van der Waals surface area contributed by atoms with Crippen LogP contribution in [0.5, 0.6) is 0 Å². The molecule has 2 N–H and O–H groups in total. The number of nitrogens with zero attached hydrogens (tertiary/aromatic N) is 3. The summed E-state index contributed by atoms with van der Waals surface area (Å²) in [5.74, 6) is 0. The lowest BCUT2D eigenvalue weighted by Gasteiger charge is -2.21. The molecule has 0 aliphatic rings. The van der Waals surface area contributed by atoms with Crippen molar-refractivity contribution in [1.82, 2.24) is 15.1 Å². The van der Waals surface area contributed by atoms with E-state index in [1.165, 1.54) is 0 Å². The number of anilines is 1. The molecule has 2 rings (SSSR count). The summed E-state index contributed by atoms with van der Waals surface area (Å²) in [6.45, 7) is 7.58. The molecule has 0 radical (unpaired) electrons. The molecule has 7 heteroatoms. The smallest absolute Gasteiger partial charge is 0.407 e. The Bertz CT molecular complexity index is 755. The average Bonchev–Trinajstić information content (AvgIpc) is 3.00. The molecule has 1 aromatic heterocycles. The third-order valence-corrected chi connectivity index (χ3v) is 3.32. The van der Waals surface area contributed by atoms with E-state index in [4.69, 9.17) is 10.00 Å². The molecule has 0 spiro atoms. The fourth-order valence-electron chi connectivity index (χ4n) is 2.26. The fraction of sp³-hybridized carbons (Fsp3) is 0.353. The molecule has 2 aromatic rings. The monoisotopic (exact) mass is 327 g/mol. The molecule has 0 saturated heterocycles. The highest BCUT2D eigenvalue weighted by Crippen LogP contribution is 2.25. The SMILES string of the molecule is Cc1c(NC#N)ccc(-n2cccn2)c1CNC(=O)OC(C)(C)C. The Kier molecular flexibility index (Phi) is 5.09. The van der Waals surface area contributed by atoms with Gasteiger partial charge in [-0.1, -0.05) is 0 Å². The summed E-state index contributed by atoms with van der Waals surface area (Å²) in [4.78, 5) is 11.9. The molecule has 0 saturated carbocycles. The second-order valence-electron chi connectivity index (χ2n) is 6.28. The maximum atomic E-state index is 11.9. The Morgan fingerprint density at radius 3 is 2.75 bits per heavy atom. The molecule has 1 amide bonds. The summed E-state index contributed by atoms with van der Waals surface area (Å²) in [5, 5.41) is 18.5. The van der Waals surface area contributed by atoms with Crippen LogP contribution < -0.4 is 10.6 Å². The minimum atomic E-state index is -0.561. The number of aromatic nitrogens is 2. The van der Waals surface area contributed by atoms with Gasteiger partial charge in [0, 0.05) is 24.5 Å². The third kappa shape index (κ3) is 4.26. The highest BCUT2D eigenvalue weighted by atomic mass is 16.6. The summed E-state index contributed by atoms with van der Waals surface area (Å²) < 4.78 is 6.98. The van der Waals surface area contributed by atoms with Gasteiger partial charge < -0.3 is 10.1 Å². The van der Waals surface area contributed by atoms with Gasteiger partial charge in [0.1, 0.15) is 5.60 Å². The van der Waals surface area contributed by atoms with Crippen LogP contribution in [0.25, 0.3) is 5.69 Å². The number of alkyl carbamates (subject to hydrolysis) is 1. The summed E-state index contributed by atoms with van der Waals surface area (Å²) in [5.41, 5.74) is 2.67. The van der Waals surface area contributed by atoms with E-state index in [0.29, 0.717) is 5.69 Å². The van der Waals surface area contributed by atoms with E-state index in [2.05, 4.69) is 15.7 Å². The molecule has 0 bridgehead atoms. The number of benzene rings is 1. The first-order valence-electron chi connectivity index (χ1n) is 7.56. The highest BCUT2D eigenvalue weighted by Gasteiger charge is 2.18. The largest absolute Gasteiger partial charge is 0.444 e. The van der Waals surface area contributed by atoms with Gasteiger partial charge in [-0.3, -0.25) is 5.32 Å². The van der Waals surface area contributed by atoms with Gasteiger partial charge in [0.2, 0.25) is 0 Å². The zero-order valence-electron chi connectivity index (χ0n) is 14.3. The van der Waals surface area contributed by atoms with E-state index in [0.717, 1.165) is 16.8 Å². The van der Waals surface area contributed by atoms with E-state index in [1.807, 2.05) is 58.3 Å². The third-order valence-electron chi connectivity index (χ3n) is 3.32. The quantitative estimate of drug-likeness (QED) is 0.665. The maximum Gasteiger partial charge on any atom is 0.407 e. The number of ether oxygens (including phenoxy) is 1. The van der Waals surface area contributed by atoms with Crippen molar-refractivity contribution in [3.05, 3.63) is 41.7 Å². The van der Waals surface area contributed by atoms with Gasteiger partial charge in [0.25, 0.3) is 0 Å². The Morgan fingerprint density at radius 2 is 2.17 bits per heavy atom. The molecule has 126 valence electrons. The maximum absolute atomic E-state index is 11.9. The number of hydrogen-bond donors (Lipinski definition) is 2. The zero-order chi connectivity index (χ0) is 17.7. The van der Waals surface area contributed by atoms with Gasteiger partial charge in [-0.05, 0) is 51.5 Å². The molecule has 7 nitrogen and oxygen atoms in total. The summed E-state index contributed by atoms with van der Waals surface area (Å²) >= 11 is 0. The molecule has 0 fully saturated rings. The molecule has 1 heterocycles. The van der Waals surface area contributed by atoms with Gasteiger partial charge in [-0.2, -0.15) is 10.4 Å². The topological polar surface area (TPSA) is 92.0 Å². The van der Waals surface area contributed by atoms with Crippen LogP contribution in [0.1, 0.15) is 31.9 Å². The molecule has 0 unspecified atom stereocenters. The first-order chi connectivity index (χ1) is 11.3. The minimum absolute atomic E-state index is 0.261. The Hall–Kier alpha value is -3.01. The van der Waals surface area contributed by atoms with Crippen LogP contribution >= 0.6 is 0 Å². The van der Waals surface area contributed by atoms with Crippen molar-refractivity contribution in [1.29, 1.82) is 5.26 Å². The molecular weight excluding hydrogens is 306 g/mol. The number of rotatable bonds is 4. The first kappa shape index (κ1) is 17.3. The second-order valence-corrected chi connectivity index (χ2v) is 6.28. The van der Waals surface area contributed by atoms with E-state index < -0.39 is 11.7 Å². The van der Waals surface area contributed by atoms with Crippen molar-refractivity contribution in [2.24, 2.45) is 0 Å². The number of amides is 1. The molecule has 0 atom stereocenters. The van der Waals surface area contributed by atoms with Crippen molar-refractivity contribution >= 4 is 11.8 Å². The Morgan fingerprint density at radius 1 is 1.42 bits per heavy atom. The summed E-state index contributed by atoms with van der Waals surface area (Å²) in [6.07, 6.45) is 4.93. The highest BCUT2D eigenvalue weighted by molar-refractivity contribution is 5.69. The predicted octanol–water partition coefficient (Wildman–Crippen LogP) is 3.10. The van der Waals surface area contributed by atoms with Crippen molar-refractivity contribution in [2.45, 2.75) is 39.8 Å². The van der Waals surface area contributed by atoms with Gasteiger partial charge in [0.05, 0.1) is 11.4 Å². The van der Waals surface area contributed by atoms with Gasteiger partial charge >= 0.3 is 6.09 Å². The fourth-order valence-corrected chi connectivity index (χ4v) is 2.26. The average molecular weight is 327 g/mol. The van der Waals surface area contributed by atoms with E-state index >= 15 is 0 Å². The van der Waals surface area contributed by atoms with E-state index in [1.54, 1.807) is 10.9 Å². The lowest BCUT2D eigenvalue weighted by Crippen LogP contribution is -2.32. The van der Waals surface area contributed by atoms with Crippen LogP contribution in [-0.2, 0) is 11.3 Å². The summed E-state index contributed by atoms with van der Waals surface area (Å²) in [6, 6.07) is 5.49. The minimum Gasteiger partial charge on any atom is -0.444 e. The van der Waals surface area contributed by atoms with Crippen LogP contribution in [0.3, 0.4) is 0 Å². The van der Waals surface area contributed by atoms with Crippen molar-refractivity contribution in [3.63, 3.8) is 0 Å². The van der Waals surface area contributed by atoms with Crippen molar-refractivity contribution in [3.8, 4) is 11.9 Å². The molecule has 1 aromatic carbocycles. The zero-order valence-corrected chi connectivity index (χ0v) is 14.3. The van der Waals surface area contributed by atoms with Crippen LogP contribution in [0.4, 0.5) is 10.5 Å². The number of nitrogens with one attached hydrogen (secondary N) is 2. The molecular formula is C17H21N5O2. The molecule has 0 aliphatic heterocycles. The first-order valence-corrected chi connectivity index (χ1v) is 7.56. The standard InChI is InChI=1S/C17H21N5O2/c1-12-13(10-19-16(23)24-17(2,3)4)15(22-9-5-8-21-22)7-6-14(12)20-11-18/h5-9,20H,10H2,1-4H3,(H,19,23). The summed E-state index contributed by atoms with van der Waals surface area (Å²) in [7, 11) is 0. The van der Waals surface area contributed by atoms with E-state index in [-0.39, 0.29) is 6.54 Å². The van der Waals surface area contributed by atoms with E-state index in [9.17, 15) is 4.79 Å². The number of nitriles is 1. The molecule has 24 heavy (non-hydrogen) atoms. The van der Waals surface area contributed by atoms with Crippen LogP contribution in [-0.4, -0.2) is 21.5 Å². The van der Waals surface area contributed by atoms with Gasteiger partial charge in [-0.25, -0.2) is 9.48 Å². The van der Waals surface area contributed by atoms with Crippen molar-refractivity contribution < 1.29 is 9.53 Å². The van der Waals surface area contributed by atoms with Crippen LogP contribution in [0, 0.1) is 18.4 Å². The predicted molar refractivity (Wildman–Crippen MR) is 90.6 cm³/mol. The lowest BCUT2D eigenvalue weighted by molar-refractivity contribution is 0.0523.